The van der Waals surface area contributed by atoms with Crippen molar-refractivity contribution in [2.45, 2.75) is 5.21 Å². The van der Waals surface area contributed by atoms with E-state index in [4.69, 9.17) is 0 Å². The number of fused-ring (bicyclic) bond motifs is 1. The fourth-order valence-electron chi connectivity index (χ4n) is 2.39. The molecule has 2 amide bonds. The van der Waals surface area contributed by atoms with Gasteiger partial charge in [-0.1, -0.05) is 0 Å². The number of hydrogen-bond acceptors (Lipinski definition) is 4. The molecule has 1 aliphatic heterocycles. The van der Waals surface area contributed by atoms with Crippen LogP contribution in [0.4, 0.5) is 0 Å². The van der Waals surface area contributed by atoms with E-state index in [9.17, 15) is 19.8 Å². The summed E-state index contributed by atoms with van der Waals surface area (Å²) in [6.45, 7) is 0. The van der Waals surface area contributed by atoms with Crippen LogP contribution >= 0.6 is 15.9 Å². The van der Waals surface area contributed by atoms with Crippen LogP contribution in [0.3, 0.4) is 0 Å². The number of carbonyl (C=O) groups is 2. The summed E-state index contributed by atoms with van der Waals surface area (Å²) in [4.78, 5) is 26.0. The van der Waals surface area contributed by atoms with Crippen molar-refractivity contribution in [2.75, 3.05) is 0 Å². The molecule has 0 fully saturated rings. The van der Waals surface area contributed by atoms with Crippen molar-refractivity contribution in [3.05, 3.63) is 62.4 Å². The van der Waals surface area contributed by atoms with Gasteiger partial charge in [0, 0.05) is 0 Å². The summed E-state index contributed by atoms with van der Waals surface area (Å²) < 4.78 is 0.804. The third kappa shape index (κ3) is 3.40. The SMILES string of the molecule is O=C1NC(=O)c2ccc(Br)cc2C1=C[AsH]Cc1ccc(O)c(O)c1. The number of aromatic hydroxyl groups is 2. The molecule has 24 heavy (non-hydrogen) atoms. The fraction of sp³-hybridized carbons (Fsp3) is 0.0588. The second-order valence-corrected chi connectivity index (χ2v) is 8.35. The van der Waals surface area contributed by atoms with Crippen molar-refractivity contribution in [3.8, 4) is 11.5 Å². The molecule has 0 aromatic heterocycles. The van der Waals surface area contributed by atoms with Gasteiger partial charge in [-0.25, -0.2) is 0 Å². The van der Waals surface area contributed by atoms with Crippen LogP contribution in [0.25, 0.3) is 5.57 Å². The van der Waals surface area contributed by atoms with Crippen molar-refractivity contribution in [3.63, 3.8) is 0 Å². The number of phenols is 2. The van der Waals surface area contributed by atoms with Crippen LogP contribution in [0.15, 0.2) is 45.7 Å². The van der Waals surface area contributed by atoms with Gasteiger partial charge in [-0.15, -0.1) is 0 Å². The van der Waals surface area contributed by atoms with E-state index in [2.05, 4.69) is 21.2 Å². The molecule has 2 aromatic carbocycles. The third-order valence-electron chi connectivity index (χ3n) is 3.58. The predicted molar refractivity (Wildman–Crippen MR) is 95.2 cm³/mol. The van der Waals surface area contributed by atoms with Crippen LogP contribution in [-0.2, 0) is 10.0 Å². The van der Waals surface area contributed by atoms with E-state index < -0.39 is 15.8 Å². The summed E-state index contributed by atoms with van der Waals surface area (Å²) in [6.07, 6.45) is 0. The number of rotatable bonds is 3. The average Bonchev–Trinajstić information content (AvgIpc) is 2.53. The van der Waals surface area contributed by atoms with Gasteiger partial charge in [0.05, 0.1) is 0 Å². The molecule has 0 saturated heterocycles. The molecule has 1 heterocycles. The van der Waals surface area contributed by atoms with Gasteiger partial charge in [-0.2, -0.15) is 0 Å². The molecule has 0 aliphatic carbocycles. The molecule has 0 bridgehead atoms. The Balaban J connectivity index is 1.85. The average molecular weight is 450 g/mol. The van der Waals surface area contributed by atoms with E-state index in [1.165, 1.54) is 12.1 Å². The minimum atomic E-state index is -0.668. The summed E-state index contributed by atoms with van der Waals surface area (Å²) in [5.41, 5.74) is 2.52. The van der Waals surface area contributed by atoms with Gasteiger partial charge in [0.25, 0.3) is 0 Å². The second-order valence-electron chi connectivity index (χ2n) is 5.24. The van der Waals surface area contributed by atoms with Gasteiger partial charge in [0.15, 0.2) is 0 Å². The molecule has 3 N–H and O–H groups in total. The summed E-state index contributed by atoms with van der Waals surface area (Å²) in [7, 11) is 0. The van der Waals surface area contributed by atoms with Crippen LogP contribution < -0.4 is 5.32 Å². The quantitative estimate of drug-likeness (QED) is 0.290. The molecule has 7 heteroatoms. The Labute approximate surface area is 153 Å². The van der Waals surface area contributed by atoms with E-state index in [0.717, 1.165) is 10.0 Å². The Morgan fingerprint density at radius 2 is 1.79 bits per heavy atom. The van der Waals surface area contributed by atoms with Crippen LogP contribution in [0.2, 0.25) is 0 Å². The first-order chi connectivity index (χ1) is 11.5. The van der Waals surface area contributed by atoms with Gasteiger partial charge < -0.3 is 0 Å². The minimum absolute atomic E-state index is 0.151. The Morgan fingerprint density at radius 3 is 2.54 bits per heavy atom. The van der Waals surface area contributed by atoms with Crippen molar-refractivity contribution in [2.24, 2.45) is 0 Å². The monoisotopic (exact) mass is 449 g/mol. The normalized spacial score (nSPS) is 15.8. The zero-order valence-corrected chi connectivity index (χ0v) is 16.0. The molecule has 2 aromatic rings. The zero-order valence-electron chi connectivity index (χ0n) is 12.3. The molecular formula is C17H13AsBrNO4. The van der Waals surface area contributed by atoms with E-state index in [0.29, 0.717) is 21.9 Å². The van der Waals surface area contributed by atoms with Crippen molar-refractivity contribution < 1.29 is 19.8 Å². The van der Waals surface area contributed by atoms with E-state index in [1.54, 1.807) is 24.3 Å². The Morgan fingerprint density at radius 1 is 1.00 bits per heavy atom. The van der Waals surface area contributed by atoms with Crippen LogP contribution in [0.5, 0.6) is 11.5 Å². The van der Waals surface area contributed by atoms with Crippen LogP contribution in [0, 0.1) is 0 Å². The predicted octanol–water partition coefficient (Wildman–Crippen LogP) is 2.11. The Bertz CT molecular complexity index is 879. The van der Waals surface area contributed by atoms with Gasteiger partial charge in [-0.05, 0) is 0 Å². The second kappa shape index (κ2) is 6.83. The van der Waals surface area contributed by atoms with E-state index in [1.807, 2.05) is 4.86 Å². The third-order valence-corrected chi connectivity index (χ3v) is 6.39. The number of phenolic OH excluding ortho intramolecular Hbond substituents is 2. The first kappa shape index (κ1) is 16.8. The number of amides is 2. The number of benzene rings is 2. The molecule has 5 nitrogen and oxygen atoms in total. The maximum atomic E-state index is 12.2. The van der Waals surface area contributed by atoms with Gasteiger partial charge in [-0.3, -0.25) is 0 Å². The fourth-order valence-corrected chi connectivity index (χ4v) is 4.95. The summed E-state index contributed by atoms with van der Waals surface area (Å²) in [6, 6.07) is 9.94. The van der Waals surface area contributed by atoms with Gasteiger partial charge in [0.1, 0.15) is 0 Å². The number of imide groups is 1. The van der Waals surface area contributed by atoms with Gasteiger partial charge in [0.2, 0.25) is 0 Å². The number of halogens is 1. The Kier molecular flexibility index (Phi) is 4.78. The molecule has 0 radical (unpaired) electrons. The summed E-state index contributed by atoms with van der Waals surface area (Å²) in [5.74, 6) is -1.07. The van der Waals surface area contributed by atoms with Gasteiger partial charge >= 0.3 is 153 Å². The van der Waals surface area contributed by atoms with E-state index in [-0.39, 0.29) is 23.3 Å². The molecule has 122 valence electrons. The number of nitrogens with one attached hydrogen (secondary N) is 1. The summed E-state index contributed by atoms with van der Waals surface area (Å²) >= 11 is 2.70. The van der Waals surface area contributed by atoms with E-state index >= 15 is 0 Å². The first-order valence-corrected chi connectivity index (χ1v) is 10.5. The van der Waals surface area contributed by atoms with Crippen molar-refractivity contribution in [1.82, 2.24) is 5.32 Å². The molecule has 1 unspecified atom stereocenters. The molecule has 1 atom stereocenters. The molecule has 3 rings (SSSR count). The molecule has 1 aliphatic rings. The zero-order chi connectivity index (χ0) is 17.3. The molecular weight excluding hydrogens is 437 g/mol. The number of carbonyl (C=O) groups excluding carboxylic acids is 2. The van der Waals surface area contributed by atoms with Crippen molar-refractivity contribution >= 4 is 49.1 Å². The first-order valence-electron chi connectivity index (χ1n) is 7.05. The number of hydrogen-bond donors (Lipinski definition) is 3. The van der Waals surface area contributed by atoms with Crippen LogP contribution in [-0.4, -0.2) is 37.8 Å². The molecule has 0 spiro atoms. The molecule has 0 saturated carbocycles. The maximum absolute atomic E-state index is 12.2. The standard InChI is InChI=1S/C17H13AsBrNO4/c19-10-2-3-11-12(6-10)13(17(24)20-16(11)23)8-18-7-9-1-4-14(21)15(22)5-9/h1-6,8,18,21-22H,7H2,(H,20,23,24). The summed E-state index contributed by atoms with van der Waals surface area (Å²) in [5, 5.41) is 21.9. The van der Waals surface area contributed by atoms with Crippen LogP contribution in [0.1, 0.15) is 21.5 Å². The Hall–Kier alpha value is -2.04. The topological polar surface area (TPSA) is 86.6 Å². The van der Waals surface area contributed by atoms with Crippen molar-refractivity contribution in [1.29, 1.82) is 0 Å².